The molecule has 24 heavy (non-hydrogen) atoms. The van der Waals surface area contributed by atoms with E-state index in [1.165, 1.54) is 0 Å². The molecular formula is C17H33N3O4. The fourth-order valence-corrected chi connectivity index (χ4v) is 1.93. The van der Waals surface area contributed by atoms with E-state index >= 15 is 0 Å². The Hall–Kier alpha value is -1.50. The number of hydrogen-bond donors (Lipinski definition) is 2. The Morgan fingerprint density at radius 1 is 1.00 bits per heavy atom. The van der Waals surface area contributed by atoms with Crippen molar-refractivity contribution < 1.29 is 14.3 Å². The fraction of sp³-hybridized carbons (Fsp3) is 0.882. The maximum absolute atomic E-state index is 11.8. The fourth-order valence-electron chi connectivity index (χ4n) is 1.93. The van der Waals surface area contributed by atoms with Crippen molar-refractivity contribution in [2.45, 2.75) is 72.4 Å². The van der Waals surface area contributed by atoms with Crippen molar-refractivity contribution in [2.24, 2.45) is 10.6 Å². The highest BCUT2D eigenvalue weighted by molar-refractivity contribution is 5.81. The molecule has 0 aromatic heterocycles. The highest BCUT2D eigenvalue weighted by Gasteiger charge is 2.25. The quantitative estimate of drug-likeness (QED) is 0.595. The number of amides is 2. The lowest BCUT2D eigenvalue weighted by Crippen LogP contribution is -2.45. The van der Waals surface area contributed by atoms with Crippen LogP contribution >= 0.6 is 0 Å². The van der Waals surface area contributed by atoms with Crippen LogP contribution in [0.2, 0.25) is 0 Å². The van der Waals surface area contributed by atoms with Gasteiger partial charge in [0.05, 0.1) is 5.60 Å². The van der Waals surface area contributed by atoms with E-state index in [0.717, 1.165) is 0 Å². The molecule has 0 saturated carbocycles. The van der Waals surface area contributed by atoms with Gasteiger partial charge in [-0.3, -0.25) is 9.59 Å². The molecule has 0 bridgehead atoms. The number of ether oxygens (including phenoxy) is 1. The van der Waals surface area contributed by atoms with Gasteiger partial charge in [0.1, 0.15) is 0 Å². The van der Waals surface area contributed by atoms with Gasteiger partial charge in [-0.15, -0.1) is 0 Å². The monoisotopic (exact) mass is 343 g/mol. The number of rotatable bonds is 10. The van der Waals surface area contributed by atoms with Gasteiger partial charge in [0.2, 0.25) is 11.8 Å². The number of nitroso groups, excluding NO2 is 1. The Morgan fingerprint density at radius 3 is 2.08 bits per heavy atom. The van der Waals surface area contributed by atoms with E-state index in [1.807, 2.05) is 48.5 Å². The number of carbonyl (C=O) groups excluding carboxylic acids is 2. The molecule has 0 aliphatic heterocycles. The summed E-state index contributed by atoms with van der Waals surface area (Å²) in [5.74, 6) is -0.370. The molecule has 0 aromatic rings. The van der Waals surface area contributed by atoms with Gasteiger partial charge >= 0.3 is 0 Å². The topological polar surface area (TPSA) is 96.9 Å². The third kappa shape index (κ3) is 10.3. The molecule has 0 fully saturated rings. The van der Waals surface area contributed by atoms with Gasteiger partial charge in [-0.1, -0.05) is 25.9 Å². The van der Waals surface area contributed by atoms with Crippen LogP contribution in [0.5, 0.6) is 0 Å². The van der Waals surface area contributed by atoms with Crippen LogP contribution in [0.4, 0.5) is 0 Å². The maximum atomic E-state index is 11.8. The minimum absolute atomic E-state index is 0.0194. The first kappa shape index (κ1) is 22.5. The summed E-state index contributed by atoms with van der Waals surface area (Å²) in [7, 11) is 0. The molecule has 0 atom stereocenters. The van der Waals surface area contributed by atoms with E-state index in [0.29, 0.717) is 26.0 Å². The van der Waals surface area contributed by atoms with Gasteiger partial charge in [-0.05, 0) is 40.5 Å². The molecule has 0 heterocycles. The first-order chi connectivity index (χ1) is 10.8. The molecule has 0 unspecified atom stereocenters. The van der Waals surface area contributed by atoms with Crippen LogP contribution in [0.25, 0.3) is 0 Å². The second kappa shape index (κ2) is 9.11. The largest absolute Gasteiger partial charge is 0.375 e. The number of carbonyl (C=O) groups is 2. The third-order valence-electron chi connectivity index (χ3n) is 3.60. The van der Waals surface area contributed by atoms with Gasteiger partial charge < -0.3 is 15.4 Å². The molecule has 2 N–H and O–H groups in total. The minimum atomic E-state index is -0.474. The molecular weight excluding hydrogens is 310 g/mol. The van der Waals surface area contributed by atoms with Crippen molar-refractivity contribution >= 4 is 11.8 Å². The lowest BCUT2D eigenvalue weighted by atomic mass is 9.95. The van der Waals surface area contributed by atoms with Crippen LogP contribution in [0.3, 0.4) is 0 Å². The van der Waals surface area contributed by atoms with E-state index in [1.54, 1.807) is 0 Å². The van der Waals surface area contributed by atoms with Gasteiger partial charge in [-0.2, -0.15) is 4.91 Å². The lowest BCUT2D eigenvalue weighted by Gasteiger charge is -2.30. The summed E-state index contributed by atoms with van der Waals surface area (Å²) in [5.41, 5.74) is -1.25. The summed E-state index contributed by atoms with van der Waals surface area (Å²) in [6.45, 7) is 13.9. The van der Waals surface area contributed by atoms with Crippen LogP contribution < -0.4 is 10.6 Å². The first-order valence-electron chi connectivity index (χ1n) is 8.31. The number of nitrogens with zero attached hydrogens (tertiary/aromatic N) is 1. The van der Waals surface area contributed by atoms with Gasteiger partial charge in [0.15, 0.2) is 6.54 Å². The molecule has 7 heteroatoms. The molecule has 7 nitrogen and oxygen atoms in total. The van der Waals surface area contributed by atoms with Crippen LogP contribution in [0.15, 0.2) is 5.18 Å². The molecule has 140 valence electrons. The van der Waals surface area contributed by atoms with E-state index in [2.05, 4.69) is 15.8 Å². The molecule has 0 aromatic carbocycles. The normalized spacial score (nSPS) is 12.6. The summed E-state index contributed by atoms with van der Waals surface area (Å²) in [4.78, 5) is 33.3. The summed E-state index contributed by atoms with van der Waals surface area (Å²) in [6, 6.07) is 0. The Balaban J connectivity index is 4.17. The molecule has 0 aliphatic rings. The molecule has 2 amide bonds. The van der Waals surface area contributed by atoms with Gasteiger partial charge in [0.25, 0.3) is 0 Å². The second-order valence-electron chi connectivity index (χ2n) is 8.33. The Bertz CT molecular complexity index is 440. The van der Waals surface area contributed by atoms with E-state index < -0.39 is 11.0 Å². The molecule has 0 rings (SSSR count). The van der Waals surface area contributed by atoms with Crippen LogP contribution in [0, 0.1) is 10.3 Å². The van der Waals surface area contributed by atoms with Crippen molar-refractivity contribution in [1.29, 1.82) is 0 Å². The average Bonchev–Trinajstić information content (AvgIpc) is 2.35. The Morgan fingerprint density at radius 2 is 1.58 bits per heavy atom. The van der Waals surface area contributed by atoms with Crippen LogP contribution in [0.1, 0.15) is 61.3 Å². The van der Waals surface area contributed by atoms with E-state index in [9.17, 15) is 14.5 Å². The summed E-state index contributed by atoms with van der Waals surface area (Å²) >= 11 is 0. The predicted molar refractivity (Wildman–Crippen MR) is 94.6 cm³/mol. The molecule has 0 aliphatic carbocycles. The van der Waals surface area contributed by atoms with Crippen LogP contribution in [-0.2, 0) is 14.3 Å². The van der Waals surface area contributed by atoms with Crippen molar-refractivity contribution in [3.05, 3.63) is 4.91 Å². The number of hydrogen-bond acceptors (Lipinski definition) is 5. The Kier molecular flexibility index (Phi) is 8.54. The SMILES string of the molecule is CC(C)(CCOC(C)(C)CCNC(=O)C(C)(C)C)NC(=O)CN=O. The molecule has 0 spiro atoms. The maximum Gasteiger partial charge on any atom is 0.245 e. The van der Waals surface area contributed by atoms with E-state index in [4.69, 9.17) is 4.74 Å². The standard InChI is InChI=1S/C17H33N3O4/c1-15(2,3)14(22)18-10-8-17(6,7)24-11-9-16(4,5)20-13(21)12-19-23/h8-12H2,1-7H3,(H,18,22)(H,20,21). The van der Waals surface area contributed by atoms with Gasteiger partial charge in [-0.25, -0.2) is 0 Å². The van der Waals surface area contributed by atoms with Crippen molar-refractivity contribution in [1.82, 2.24) is 10.6 Å². The van der Waals surface area contributed by atoms with Gasteiger partial charge in [0, 0.05) is 24.1 Å². The van der Waals surface area contributed by atoms with Crippen molar-refractivity contribution in [2.75, 3.05) is 19.7 Å². The second-order valence-corrected chi connectivity index (χ2v) is 8.33. The highest BCUT2D eigenvalue weighted by Crippen LogP contribution is 2.18. The van der Waals surface area contributed by atoms with Crippen LogP contribution in [-0.4, -0.2) is 42.7 Å². The zero-order valence-corrected chi connectivity index (χ0v) is 16.1. The Labute approximate surface area is 145 Å². The minimum Gasteiger partial charge on any atom is -0.375 e. The average molecular weight is 343 g/mol. The lowest BCUT2D eigenvalue weighted by molar-refractivity contribution is -0.128. The zero-order valence-electron chi connectivity index (χ0n) is 16.1. The summed E-state index contributed by atoms with van der Waals surface area (Å²) in [6.07, 6.45) is 1.30. The molecule has 0 saturated heterocycles. The summed E-state index contributed by atoms with van der Waals surface area (Å²) in [5, 5.41) is 8.23. The highest BCUT2D eigenvalue weighted by atomic mass is 16.5. The predicted octanol–water partition coefficient (Wildman–Crippen LogP) is 2.39. The van der Waals surface area contributed by atoms with E-state index in [-0.39, 0.29) is 24.0 Å². The first-order valence-corrected chi connectivity index (χ1v) is 8.31. The smallest absolute Gasteiger partial charge is 0.245 e. The third-order valence-corrected chi connectivity index (χ3v) is 3.60. The number of nitrogens with one attached hydrogen (secondary N) is 2. The summed E-state index contributed by atoms with van der Waals surface area (Å²) < 4.78 is 5.89. The van der Waals surface area contributed by atoms with Crippen molar-refractivity contribution in [3.63, 3.8) is 0 Å². The molecule has 0 radical (unpaired) electrons. The van der Waals surface area contributed by atoms with Crippen molar-refractivity contribution in [3.8, 4) is 0 Å². The zero-order chi connectivity index (χ0) is 19.0.